The summed E-state index contributed by atoms with van der Waals surface area (Å²) >= 11 is 6.29. The van der Waals surface area contributed by atoms with Crippen LogP contribution in [-0.2, 0) is 19.3 Å². The molecule has 0 N–H and O–H groups in total. The van der Waals surface area contributed by atoms with Gasteiger partial charge < -0.3 is 4.90 Å². The highest BCUT2D eigenvalue weighted by molar-refractivity contribution is 6.30. The average molecular weight is 618 g/mol. The molecule has 1 saturated heterocycles. The third-order valence-electron chi connectivity index (χ3n) is 9.32. The summed E-state index contributed by atoms with van der Waals surface area (Å²) in [4.78, 5) is 3.49. The number of benzene rings is 2. The van der Waals surface area contributed by atoms with Gasteiger partial charge in [-0.05, 0) is 61.6 Å². The molecule has 3 aromatic rings. The fraction of sp³-hybridized carbons (Fsp3) is 0.500. The van der Waals surface area contributed by atoms with Crippen LogP contribution in [0.4, 0.5) is 40.8 Å². The Morgan fingerprint density at radius 3 is 2.24 bits per heavy atom. The Balaban J connectivity index is 1.10. The highest BCUT2D eigenvalue weighted by Crippen LogP contribution is 2.57. The number of hydrogen-bond acceptors (Lipinski definition) is 4. The van der Waals surface area contributed by atoms with Gasteiger partial charge in [0.1, 0.15) is 17.2 Å². The average Bonchev–Trinajstić information content (AvgIpc) is 3.11. The first-order valence-corrected chi connectivity index (χ1v) is 13.9. The van der Waals surface area contributed by atoms with Crippen LogP contribution in [0.25, 0.3) is 5.69 Å². The van der Waals surface area contributed by atoms with Crippen molar-refractivity contribution in [3.05, 3.63) is 69.8 Å². The van der Waals surface area contributed by atoms with Gasteiger partial charge in [0.2, 0.25) is 0 Å². The van der Waals surface area contributed by atoms with Crippen LogP contribution < -0.4 is 4.90 Å². The van der Waals surface area contributed by atoms with Crippen molar-refractivity contribution in [1.29, 1.82) is 0 Å². The molecule has 2 aliphatic heterocycles. The quantitative estimate of drug-likeness (QED) is 0.290. The van der Waals surface area contributed by atoms with Gasteiger partial charge in [-0.15, -0.1) is 10.2 Å². The molecule has 1 aromatic heterocycles. The predicted octanol–water partition coefficient (Wildman–Crippen LogP) is 7.26. The van der Waals surface area contributed by atoms with Crippen molar-refractivity contribution in [2.75, 3.05) is 18.0 Å². The van der Waals surface area contributed by atoms with Gasteiger partial charge in [-0.25, -0.2) is 8.78 Å². The van der Waals surface area contributed by atoms with Crippen molar-refractivity contribution in [2.24, 2.45) is 11.3 Å². The fourth-order valence-electron chi connectivity index (χ4n) is 7.13. The minimum atomic E-state index is -5.14. The van der Waals surface area contributed by atoms with Crippen LogP contribution in [0.1, 0.15) is 54.4 Å². The van der Waals surface area contributed by atoms with E-state index in [0.717, 1.165) is 17.3 Å². The van der Waals surface area contributed by atoms with Crippen LogP contribution in [0, 0.1) is 23.0 Å². The zero-order valence-electron chi connectivity index (χ0n) is 21.9. The smallest absolute Gasteiger partial charge is 0.368 e. The molecule has 224 valence electrons. The lowest BCUT2D eigenvalue weighted by Crippen LogP contribution is -2.62. The summed E-state index contributed by atoms with van der Waals surface area (Å²) in [6.45, 7) is 1.39. The fourth-order valence-corrected chi connectivity index (χ4v) is 7.33. The number of anilines is 1. The van der Waals surface area contributed by atoms with E-state index in [9.17, 15) is 35.1 Å². The van der Waals surface area contributed by atoms with E-state index in [-0.39, 0.29) is 35.9 Å². The van der Waals surface area contributed by atoms with Crippen LogP contribution in [0.5, 0.6) is 0 Å². The maximum atomic E-state index is 14.7. The lowest BCUT2D eigenvalue weighted by molar-refractivity contribution is -0.207. The maximum absolute atomic E-state index is 14.7. The monoisotopic (exact) mass is 617 g/mol. The molecule has 7 rings (SSSR count). The topological polar surface area (TPSA) is 37.2 Å². The first-order valence-electron chi connectivity index (χ1n) is 13.6. The molecule has 2 aromatic carbocycles. The summed E-state index contributed by atoms with van der Waals surface area (Å²) in [5, 5.41) is 9.40. The Morgan fingerprint density at radius 2 is 1.57 bits per heavy atom. The van der Waals surface area contributed by atoms with Crippen LogP contribution in [0.2, 0.25) is 5.02 Å². The summed E-state index contributed by atoms with van der Waals surface area (Å²) in [6, 6.07) is 6.83. The third kappa shape index (κ3) is 4.45. The molecule has 0 amide bonds. The second-order valence-corrected chi connectivity index (χ2v) is 12.5. The standard InChI is InChI=1S/C28H24ClF8N5/c29-17-1-3-20-14(5-17)10-40(18-6-16(7-18)27(32,33)34)11-22-38-39-25(42(20)22)15-8-26(9-15)12-41(13-26)21-4-2-19(30)23(24(21)31)28(35,36)37/h1-5,15-16,18H,6-13H2. The number of nitrogens with zero attached hydrogens (tertiary/aromatic N) is 5. The van der Waals surface area contributed by atoms with Crippen LogP contribution in [-0.4, -0.2) is 45.0 Å². The summed E-state index contributed by atoms with van der Waals surface area (Å²) < 4.78 is 109. The molecule has 0 unspecified atom stereocenters. The molecule has 14 heteroatoms. The van der Waals surface area contributed by atoms with E-state index < -0.39 is 35.5 Å². The number of hydrogen-bond donors (Lipinski definition) is 0. The number of alkyl halides is 6. The molecule has 3 fully saturated rings. The molecular formula is C28H24ClF8N5. The van der Waals surface area contributed by atoms with Crippen LogP contribution in [0.3, 0.4) is 0 Å². The highest BCUT2D eigenvalue weighted by Gasteiger charge is 2.55. The van der Waals surface area contributed by atoms with Crippen molar-refractivity contribution in [3.63, 3.8) is 0 Å². The van der Waals surface area contributed by atoms with E-state index in [1.165, 1.54) is 4.90 Å². The molecular weight excluding hydrogens is 594 g/mol. The zero-order valence-corrected chi connectivity index (χ0v) is 22.7. The second-order valence-electron chi connectivity index (χ2n) is 12.1. The van der Waals surface area contributed by atoms with Gasteiger partial charge in [0.25, 0.3) is 0 Å². The molecule has 5 nitrogen and oxygen atoms in total. The Morgan fingerprint density at radius 1 is 0.881 bits per heavy atom. The summed E-state index contributed by atoms with van der Waals surface area (Å²) in [5.74, 6) is -3.27. The summed E-state index contributed by atoms with van der Waals surface area (Å²) in [6.07, 6.45) is -7.99. The van der Waals surface area contributed by atoms with Crippen LogP contribution in [0.15, 0.2) is 30.3 Å². The molecule has 0 bridgehead atoms. The van der Waals surface area contributed by atoms with Gasteiger partial charge in [-0.3, -0.25) is 9.47 Å². The van der Waals surface area contributed by atoms with E-state index in [2.05, 4.69) is 10.2 Å². The van der Waals surface area contributed by atoms with E-state index in [0.29, 0.717) is 61.8 Å². The van der Waals surface area contributed by atoms with Crippen molar-refractivity contribution >= 4 is 17.3 Å². The Kier molecular flexibility index (Phi) is 6.16. The van der Waals surface area contributed by atoms with Gasteiger partial charge in [0.15, 0.2) is 11.6 Å². The van der Waals surface area contributed by atoms with E-state index in [4.69, 9.17) is 11.6 Å². The van der Waals surface area contributed by atoms with Crippen molar-refractivity contribution in [3.8, 4) is 5.69 Å². The molecule has 4 aliphatic rings. The summed E-state index contributed by atoms with van der Waals surface area (Å²) in [7, 11) is 0. The maximum Gasteiger partial charge on any atom is 0.422 e. The van der Waals surface area contributed by atoms with E-state index in [1.54, 1.807) is 12.1 Å². The largest absolute Gasteiger partial charge is 0.422 e. The number of halogens is 9. The van der Waals surface area contributed by atoms with Crippen LogP contribution >= 0.6 is 11.6 Å². The molecule has 2 aliphatic carbocycles. The number of fused-ring (bicyclic) bond motifs is 3. The molecule has 42 heavy (non-hydrogen) atoms. The van der Waals surface area contributed by atoms with Gasteiger partial charge in [-0.2, -0.15) is 26.3 Å². The van der Waals surface area contributed by atoms with E-state index in [1.807, 2.05) is 15.5 Å². The molecule has 1 spiro atoms. The minimum Gasteiger partial charge on any atom is -0.368 e. The first-order chi connectivity index (χ1) is 19.7. The van der Waals surface area contributed by atoms with E-state index >= 15 is 0 Å². The Labute approximate surface area is 240 Å². The molecule has 0 radical (unpaired) electrons. The SMILES string of the molecule is Fc1ccc(N2CC3(CC(c4nnc5n4-c4ccc(Cl)cc4CN(C4CC(C(F)(F)F)C4)C5)C3)C2)c(F)c1C(F)(F)F. The Hall–Kier alpha value is -2.93. The lowest BCUT2D eigenvalue weighted by atomic mass is 9.57. The molecule has 0 atom stereocenters. The molecule has 2 saturated carbocycles. The Bertz CT molecular complexity index is 1550. The zero-order chi connectivity index (χ0) is 29.8. The number of aromatic nitrogens is 3. The van der Waals surface area contributed by atoms with Gasteiger partial charge in [0, 0.05) is 42.0 Å². The first kappa shape index (κ1) is 27.9. The predicted molar refractivity (Wildman–Crippen MR) is 136 cm³/mol. The third-order valence-corrected chi connectivity index (χ3v) is 9.55. The second kappa shape index (κ2) is 9.28. The molecule has 3 heterocycles. The number of rotatable bonds is 3. The van der Waals surface area contributed by atoms with Crippen molar-refractivity contribution in [2.45, 2.75) is 63.1 Å². The van der Waals surface area contributed by atoms with Crippen molar-refractivity contribution < 1.29 is 35.1 Å². The minimum absolute atomic E-state index is 0.0226. The lowest BCUT2D eigenvalue weighted by Gasteiger charge is -2.59. The summed E-state index contributed by atoms with van der Waals surface area (Å²) in [5.41, 5.74) is -0.734. The highest BCUT2D eigenvalue weighted by atomic mass is 35.5. The van der Waals surface area contributed by atoms with Crippen molar-refractivity contribution in [1.82, 2.24) is 19.7 Å². The van der Waals surface area contributed by atoms with Gasteiger partial charge in [0.05, 0.1) is 23.8 Å². The van der Waals surface area contributed by atoms with Gasteiger partial charge in [-0.1, -0.05) is 11.6 Å². The normalized spacial score (nSPS) is 24.0. The van der Waals surface area contributed by atoms with Gasteiger partial charge >= 0.3 is 12.4 Å².